The van der Waals surface area contributed by atoms with Crippen LogP contribution in [-0.4, -0.2) is 21.9 Å². The van der Waals surface area contributed by atoms with E-state index in [1.807, 2.05) is 19.9 Å². The van der Waals surface area contributed by atoms with Gasteiger partial charge >= 0.3 is 0 Å². The molecular weight excluding hydrogens is 216 g/mol. The van der Waals surface area contributed by atoms with Gasteiger partial charge in [-0.3, -0.25) is 10.1 Å². The molecule has 5 nitrogen and oxygen atoms in total. The van der Waals surface area contributed by atoms with Gasteiger partial charge in [0.25, 0.3) is 0 Å². The lowest BCUT2D eigenvalue weighted by molar-refractivity contribution is -0.116. The minimum atomic E-state index is -0.102. The zero-order valence-electron chi connectivity index (χ0n) is 10.2. The highest BCUT2D eigenvalue weighted by atomic mass is 16.1. The number of nitrogens with one attached hydrogen (secondary N) is 1. The summed E-state index contributed by atoms with van der Waals surface area (Å²) < 4.78 is 0. The molecule has 0 aromatic carbocycles. The van der Waals surface area contributed by atoms with Gasteiger partial charge in [-0.25, -0.2) is 9.97 Å². The lowest BCUT2D eigenvalue weighted by Gasteiger charge is -2.10. The molecule has 0 aliphatic heterocycles. The van der Waals surface area contributed by atoms with Crippen molar-refractivity contribution in [2.24, 2.45) is 11.7 Å². The minimum Gasteiger partial charge on any atom is -0.327 e. The second kappa shape index (κ2) is 4.79. The van der Waals surface area contributed by atoms with Crippen LogP contribution in [0.25, 0.3) is 0 Å². The van der Waals surface area contributed by atoms with Crippen molar-refractivity contribution in [2.45, 2.75) is 39.2 Å². The molecule has 1 atom stereocenters. The lowest BCUT2D eigenvalue weighted by atomic mass is 10.1. The molecule has 0 bridgehead atoms. The molecule has 0 saturated heterocycles. The van der Waals surface area contributed by atoms with Gasteiger partial charge in [-0.15, -0.1) is 0 Å². The number of nitrogens with two attached hydrogens (primary N) is 1. The summed E-state index contributed by atoms with van der Waals surface area (Å²) in [6.07, 6.45) is 2.64. The van der Waals surface area contributed by atoms with Crippen molar-refractivity contribution in [3.8, 4) is 0 Å². The molecule has 1 saturated carbocycles. The summed E-state index contributed by atoms with van der Waals surface area (Å²) in [7, 11) is 0. The van der Waals surface area contributed by atoms with E-state index in [1.54, 1.807) is 0 Å². The SMILES string of the molecule is Cc1cc(C)nc(NC(=O)CC(N)C2CC2)n1. The van der Waals surface area contributed by atoms with Gasteiger partial charge in [-0.2, -0.15) is 0 Å². The molecule has 1 unspecified atom stereocenters. The molecule has 17 heavy (non-hydrogen) atoms. The number of aryl methyl sites for hydroxylation is 2. The maximum absolute atomic E-state index is 11.7. The third kappa shape index (κ3) is 3.49. The van der Waals surface area contributed by atoms with Crippen molar-refractivity contribution < 1.29 is 4.79 Å². The number of hydrogen-bond acceptors (Lipinski definition) is 4. The van der Waals surface area contributed by atoms with Crippen molar-refractivity contribution in [1.29, 1.82) is 0 Å². The fraction of sp³-hybridized carbons (Fsp3) is 0.583. The molecule has 1 aromatic heterocycles. The zero-order valence-corrected chi connectivity index (χ0v) is 10.2. The van der Waals surface area contributed by atoms with Crippen LogP contribution in [0.3, 0.4) is 0 Å². The molecule has 5 heteroatoms. The van der Waals surface area contributed by atoms with Crippen LogP contribution >= 0.6 is 0 Å². The Morgan fingerprint density at radius 1 is 1.47 bits per heavy atom. The van der Waals surface area contributed by atoms with Gasteiger partial charge in [0.05, 0.1) is 0 Å². The predicted molar refractivity (Wildman–Crippen MR) is 65.5 cm³/mol. The van der Waals surface area contributed by atoms with Crippen molar-refractivity contribution >= 4 is 11.9 Å². The van der Waals surface area contributed by atoms with Crippen LogP contribution in [0.5, 0.6) is 0 Å². The molecule has 1 aromatic rings. The van der Waals surface area contributed by atoms with E-state index in [0.29, 0.717) is 18.3 Å². The zero-order chi connectivity index (χ0) is 12.4. The van der Waals surface area contributed by atoms with Gasteiger partial charge in [0.15, 0.2) is 0 Å². The van der Waals surface area contributed by atoms with Crippen LogP contribution in [0.4, 0.5) is 5.95 Å². The van der Waals surface area contributed by atoms with Crippen molar-refractivity contribution in [3.63, 3.8) is 0 Å². The molecule has 1 aliphatic carbocycles. The third-order valence-electron chi connectivity index (χ3n) is 2.88. The van der Waals surface area contributed by atoms with E-state index in [-0.39, 0.29) is 11.9 Å². The summed E-state index contributed by atoms with van der Waals surface area (Å²) in [5.41, 5.74) is 7.58. The summed E-state index contributed by atoms with van der Waals surface area (Å²) in [4.78, 5) is 20.0. The van der Waals surface area contributed by atoms with Crippen LogP contribution in [0.15, 0.2) is 6.07 Å². The highest BCUT2D eigenvalue weighted by molar-refractivity contribution is 5.89. The van der Waals surface area contributed by atoms with Gasteiger partial charge in [0.1, 0.15) is 0 Å². The Labute approximate surface area is 101 Å². The Balaban J connectivity index is 1.92. The Morgan fingerprint density at radius 2 is 2.06 bits per heavy atom. The van der Waals surface area contributed by atoms with Crippen LogP contribution in [0.1, 0.15) is 30.7 Å². The molecule has 1 amide bonds. The smallest absolute Gasteiger partial charge is 0.229 e. The molecule has 1 heterocycles. The van der Waals surface area contributed by atoms with Gasteiger partial charge in [-0.05, 0) is 38.7 Å². The topological polar surface area (TPSA) is 80.9 Å². The summed E-state index contributed by atoms with van der Waals surface area (Å²) >= 11 is 0. The standard InChI is InChI=1S/C12H18N4O/c1-7-5-8(2)15-12(14-7)16-11(17)6-10(13)9-3-4-9/h5,9-10H,3-4,6,13H2,1-2H3,(H,14,15,16,17). The summed E-state index contributed by atoms with van der Waals surface area (Å²) in [6, 6.07) is 1.84. The van der Waals surface area contributed by atoms with E-state index in [0.717, 1.165) is 24.2 Å². The Morgan fingerprint density at radius 3 is 2.59 bits per heavy atom. The number of amides is 1. The van der Waals surface area contributed by atoms with E-state index in [4.69, 9.17) is 5.73 Å². The fourth-order valence-corrected chi connectivity index (χ4v) is 1.86. The van der Waals surface area contributed by atoms with Crippen molar-refractivity contribution in [1.82, 2.24) is 9.97 Å². The number of carbonyl (C=O) groups excluding carboxylic acids is 1. The van der Waals surface area contributed by atoms with E-state index in [2.05, 4.69) is 15.3 Å². The Bertz CT molecular complexity index is 408. The van der Waals surface area contributed by atoms with Gasteiger partial charge in [0.2, 0.25) is 11.9 Å². The summed E-state index contributed by atoms with van der Waals surface area (Å²) in [5, 5.41) is 2.70. The number of rotatable bonds is 4. The average Bonchev–Trinajstić information content (AvgIpc) is 2.97. The van der Waals surface area contributed by atoms with Crippen LogP contribution < -0.4 is 11.1 Å². The quantitative estimate of drug-likeness (QED) is 0.819. The van der Waals surface area contributed by atoms with Gasteiger partial charge < -0.3 is 5.73 Å². The normalized spacial score (nSPS) is 16.6. The molecule has 1 aliphatic rings. The molecule has 3 N–H and O–H groups in total. The largest absolute Gasteiger partial charge is 0.327 e. The number of nitrogens with zero attached hydrogens (tertiary/aromatic N) is 2. The second-order valence-electron chi connectivity index (χ2n) is 4.73. The molecular formula is C12H18N4O. The van der Waals surface area contributed by atoms with Crippen molar-refractivity contribution in [2.75, 3.05) is 5.32 Å². The molecule has 1 fully saturated rings. The molecule has 2 rings (SSSR count). The first-order valence-electron chi connectivity index (χ1n) is 5.92. The van der Waals surface area contributed by atoms with E-state index < -0.39 is 0 Å². The second-order valence-corrected chi connectivity index (χ2v) is 4.73. The maximum Gasteiger partial charge on any atom is 0.229 e. The minimum absolute atomic E-state index is 0.0269. The van der Waals surface area contributed by atoms with Crippen LogP contribution in [0, 0.1) is 19.8 Å². The number of hydrogen-bond donors (Lipinski definition) is 2. The summed E-state index contributed by atoms with van der Waals surface area (Å²) in [6.45, 7) is 3.75. The number of aromatic nitrogens is 2. The Hall–Kier alpha value is -1.49. The molecule has 0 radical (unpaired) electrons. The number of carbonyl (C=O) groups is 1. The molecule has 92 valence electrons. The fourth-order valence-electron chi connectivity index (χ4n) is 1.86. The van der Waals surface area contributed by atoms with Crippen LogP contribution in [-0.2, 0) is 4.79 Å². The first kappa shape index (κ1) is 12.0. The highest BCUT2D eigenvalue weighted by Crippen LogP contribution is 2.32. The Kier molecular flexibility index (Phi) is 3.38. The van der Waals surface area contributed by atoms with E-state index in [1.165, 1.54) is 0 Å². The number of anilines is 1. The first-order chi connectivity index (χ1) is 8.04. The van der Waals surface area contributed by atoms with E-state index in [9.17, 15) is 4.79 Å². The third-order valence-corrected chi connectivity index (χ3v) is 2.88. The van der Waals surface area contributed by atoms with Crippen molar-refractivity contribution in [3.05, 3.63) is 17.5 Å². The summed E-state index contributed by atoms with van der Waals surface area (Å²) in [5.74, 6) is 0.797. The van der Waals surface area contributed by atoms with E-state index >= 15 is 0 Å². The van der Waals surface area contributed by atoms with Gasteiger partial charge in [0, 0.05) is 23.9 Å². The van der Waals surface area contributed by atoms with Gasteiger partial charge in [-0.1, -0.05) is 0 Å². The maximum atomic E-state index is 11.7. The predicted octanol–water partition coefficient (Wildman–Crippen LogP) is 1.16. The van der Waals surface area contributed by atoms with Crippen LogP contribution in [0.2, 0.25) is 0 Å². The highest BCUT2D eigenvalue weighted by Gasteiger charge is 2.29. The lowest BCUT2D eigenvalue weighted by Crippen LogP contribution is -2.29. The monoisotopic (exact) mass is 234 g/mol. The first-order valence-corrected chi connectivity index (χ1v) is 5.92. The molecule has 0 spiro atoms. The average molecular weight is 234 g/mol.